The molecule has 10 heteroatoms. The van der Waals surface area contributed by atoms with Crippen LogP contribution < -0.4 is 15.0 Å². The monoisotopic (exact) mass is 566 g/mol. The fraction of sp³-hybridized carbons (Fsp3) is 0.188. The third kappa shape index (κ3) is 6.22. The highest BCUT2D eigenvalue weighted by Gasteiger charge is 2.33. The molecule has 0 radical (unpaired) electrons. The van der Waals surface area contributed by atoms with E-state index in [0.29, 0.717) is 28.0 Å². The molecule has 9 nitrogen and oxygen atoms in total. The molecule has 0 fully saturated rings. The van der Waals surface area contributed by atoms with E-state index in [1.807, 2.05) is 49.3 Å². The number of ether oxygens (including phenoxy) is 1. The number of hydrogen-bond acceptors (Lipinski definition) is 6. The summed E-state index contributed by atoms with van der Waals surface area (Å²) < 4.78 is 21.7. The molecule has 0 saturated heterocycles. The van der Waals surface area contributed by atoms with E-state index in [1.54, 1.807) is 67.8 Å². The van der Waals surface area contributed by atoms with Crippen molar-refractivity contribution in [1.29, 1.82) is 0 Å². The SMILES string of the molecule is COc1ccc(C(C(=O)Nc2ccc(N(C)C)cc2)N(Cc2ccccc2F)C(=O)Cn2nnc3ccccc32)cc1. The lowest BCUT2D eigenvalue weighted by molar-refractivity contribution is -0.140. The molecule has 1 atom stereocenters. The summed E-state index contributed by atoms with van der Waals surface area (Å²) >= 11 is 0. The molecule has 5 aromatic rings. The number of nitrogens with zero attached hydrogens (tertiary/aromatic N) is 5. The lowest BCUT2D eigenvalue weighted by Crippen LogP contribution is -2.42. The molecule has 0 aliphatic carbocycles. The van der Waals surface area contributed by atoms with Crippen LogP contribution in [0.2, 0.25) is 0 Å². The van der Waals surface area contributed by atoms with Crippen LogP contribution in [0.15, 0.2) is 97.1 Å². The summed E-state index contributed by atoms with van der Waals surface area (Å²) in [6.45, 7) is -0.353. The van der Waals surface area contributed by atoms with Crippen LogP contribution in [0.5, 0.6) is 5.75 Å². The zero-order valence-electron chi connectivity index (χ0n) is 23.6. The number of amides is 2. The van der Waals surface area contributed by atoms with E-state index in [4.69, 9.17) is 4.74 Å². The van der Waals surface area contributed by atoms with Gasteiger partial charge < -0.3 is 19.9 Å². The fourth-order valence-electron chi connectivity index (χ4n) is 4.70. The summed E-state index contributed by atoms with van der Waals surface area (Å²) in [5.74, 6) is -0.772. The van der Waals surface area contributed by atoms with Gasteiger partial charge in [0.1, 0.15) is 29.7 Å². The van der Waals surface area contributed by atoms with Crippen molar-refractivity contribution >= 4 is 34.2 Å². The first-order chi connectivity index (χ1) is 20.3. The van der Waals surface area contributed by atoms with Crippen molar-refractivity contribution in [2.75, 3.05) is 31.4 Å². The van der Waals surface area contributed by atoms with E-state index in [2.05, 4.69) is 15.6 Å². The Hall–Kier alpha value is -5.25. The van der Waals surface area contributed by atoms with Crippen LogP contribution >= 0.6 is 0 Å². The maximum atomic E-state index is 14.9. The van der Waals surface area contributed by atoms with Crippen LogP contribution in [-0.2, 0) is 22.7 Å². The maximum Gasteiger partial charge on any atom is 0.251 e. The lowest BCUT2D eigenvalue weighted by atomic mass is 10.0. The van der Waals surface area contributed by atoms with Gasteiger partial charge in [0, 0.05) is 37.6 Å². The Kier molecular flexibility index (Phi) is 8.42. The molecule has 0 aliphatic heterocycles. The second kappa shape index (κ2) is 12.5. The van der Waals surface area contributed by atoms with Crippen molar-refractivity contribution in [3.05, 3.63) is 114 Å². The molecule has 1 heterocycles. The topological polar surface area (TPSA) is 92.6 Å². The van der Waals surface area contributed by atoms with Crippen molar-refractivity contribution in [3.8, 4) is 5.75 Å². The minimum Gasteiger partial charge on any atom is -0.497 e. The summed E-state index contributed by atoms with van der Waals surface area (Å²) in [4.78, 5) is 31.5. The number of aromatic nitrogens is 3. The summed E-state index contributed by atoms with van der Waals surface area (Å²) in [5, 5.41) is 11.3. The number of carbonyl (C=O) groups excluding carboxylic acids is 2. The van der Waals surface area contributed by atoms with Crippen molar-refractivity contribution in [1.82, 2.24) is 19.9 Å². The van der Waals surface area contributed by atoms with Gasteiger partial charge in [-0.3, -0.25) is 9.59 Å². The summed E-state index contributed by atoms with van der Waals surface area (Å²) in [6.07, 6.45) is 0. The van der Waals surface area contributed by atoms with E-state index in [0.717, 1.165) is 5.69 Å². The molecule has 0 bridgehead atoms. The Morgan fingerprint density at radius 3 is 2.31 bits per heavy atom. The van der Waals surface area contributed by atoms with Gasteiger partial charge in [-0.2, -0.15) is 0 Å². The van der Waals surface area contributed by atoms with Crippen LogP contribution in [0, 0.1) is 5.82 Å². The number of anilines is 2. The second-order valence-electron chi connectivity index (χ2n) is 9.96. The molecule has 0 saturated carbocycles. The molecule has 42 heavy (non-hydrogen) atoms. The van der Waals surface area contributed by atoms with Crippen molar-refractivity contribution in [3.63, 3.8) is 0 Å². The van der Waals surface area contributed by atoms with Crippen molar-refractivity contribution < 1.29 is 18.7 Å². The normalized spacial score (nSPS) is 11.6. The smallest absolute Gasteiger partial charge is 0.251 e. The number of nitrogens with one attached hydrogen (secondary N) is 1. The molecule has 1 N–H and O–H groups in total. The number of fused-ring (bicyclic) bond motifs is 1. The predicted octanol–water partition coefficient (Wildman–Crippen LogP) is 5.05. The number of hydrogen-bond donors (Lipinski definition) is 1. The summed E-state index contributed by atoms with van der Waals surface area (Å²) in [7, 11) is 5.41. The maximum absolute atomic E-state index is 14.9. The van der Waals surface area contributed by atoms with Crippen LogP contribution in [0.3, 0.4) is 0 Å². The first-order valence-corrected chi connectivity index (χ1v) is 13.4. The molecule has 4 aromatic carbocycles. The van der Waals surface area contributed by atoms with Gasteiger partial charge in [-0.1, -0.05) is 47.7 Å². The Balaban J connectivity index is 1.55. The Bertz CT molecular complexity index is 1690. The molecule has 5 rings (SSSR count). The molecule has 0 aliphatic rings. The highest BCUT2D eigenvalue weighted by molar-refractivity contribution is 5.98. The summed E-state index contributed by atoms with van der Waals surface area (Å²) in [5.41, 5.74) is 3.64. The van der Waals surface area contributed by atoms with Crippen LogP contribution in [0.4, 0.5) is 15.8 Å². The molecule has 214 valence electrons. The molecule has 0 spiro atoms. The average Bonchev–Trinajstić information content (AvgIpc) is 3.41. The number of benzene rings is 4. The van der Waals surface area contributed by atoms with Gasteiger partial charge in [-0.25, -0.2) is 9.07 Å². The fourth-order valence-corrected chi connectivity index (χ4v) is 4.70. The standard InChI is InChI=1S/C32H31FN6O3/c1-37(2)25-16-14-24(15-17-25)34-32(41)31(22-12-18-26(42-3)19-13-22)38(20-23-8-4-5-9-27(23)33)30(40)21-39-29-11-7-6-10-28(29)35-36-39/h4-19,31H,20-21H2,1-3H3,(H,34,41). The average molecular weight is 567 g/mol. The minimum atomic E-state index is -1.11. The highest BCUT2D eigenvalue weighted by Crippen LogP contribution is 2.29. The van der Waals surface area contributed by atoms with Gasteiger partial charge in [0.05, 0.1) is 12.6 Å². The van der Waals surface area contributed by atoms with Gasteiger partial charge >= 0.3 is 0 Å². The first-order valence-electron chi connectivity index (χ1n) is 13.4. The first kappa shape index (κ1) is 28.3. The van der Waals surface area contributed by atoms with Crippen LogP contribution in [0.1, 0.15) is 17.2 Å². The van der Waals surface area contributed by atoms with Crippen molar-refractivity contribution in [2.24, 2.45) is 0 Å². The molecule has 1 aromatic heterocycles. The van der Waals surface area contributed by atoms with E-state index in [9.17, 15) is 14.0 Å². The van der Waals surface area contributed by atoms with Gasteiger partial charge in [0.2, 0.25) is 5.91 Å². The number of carbonyl (C=O) groups is 2. The number of para-hydroxylation sites is 1. The van der Waals surface area contributed by atoms with Crippen molar-refractivity contribution in [2.45, 2.75) is 19.1 Å². The van der Waals surface area contributed by atoms with Gasteiger partial charge in [0.15, 0.2) is 0 Å². The molecular weight excluding hydrogens is 535 g/mol. The summed E-state index contributed by atoms with van der Waals surface area (Å²) in [6, 6.07) is 26.6. The second-order valence-corrected chi connectivity index (χ2v) is 9.96. The zero-order chi connectivity index (χ0) is 29.6. The Morgan fingerprint density at radius 2 is 1.62 bits per heavy atom. The van der Waals surface area contributed by atoms with E-state index in [-0.39, 0.29) is 18.7 Å². The van der Waals surface area contributed by atoms with E-state index < -0.39 is 23.7 Å². The predicted molar refractivity (Wildman–Crippen MR) is 160 cm³/mol. The van der Waals surface area contributed by atoms with Gasteiger partial charge in [0.25, 0.3) is 5.91 Å². The molecule has 2 amide bonds. The highest BCUT2D eigenvalue weighted by atomic mass is 19.1. The Morgan fingerprint density at radius 1 is 0.929 bits per heavy atom. The molecule has 1 unspecified atom stereocenters. The number of halogens is 1. The third-order valence-electron chi connectivity index (χ3n) is 6.97. The molecular formula is C32H31FN6O3. The van der Waals surface area contributed by atoms with Crippen LogP contribution in [0.25, 0.3) is 11.0 Å². The van der Waals surface area contributed by atoms with E-state index >= 15 is 0 Å². The zero-order valence-corrected chi connectivity index (χ0v) is 23.6. The third-order valence-corrected chi connectivity index (χ3v) is 6.97. The number of methoxy groups -OCH3 is 1. The van der Waals surface area contributed by atoms with E-state index in [1.165, 1.54) is 15.6 Å². The Labute approximate surface area is 243 Å². The van der Waals surface area contributed by atoms with Gasteiger partial charge in [-0.15, -0.1) is 5.10 Å². The van der Waals surface area contributed by atoms with Crippen LogP contribution in [-0.4, -0.2) is 52.9 Å². The number of rotatable bonds is 10. The quantitative estimate of drug-likeness (QED) is 0.254. The lowest BCUT2D eigenvalue weighted by Gasteiger charge is -2.32. The minimum absolute atomic E-state index is 0.151. The largest absolute Gasteiger partial charge is 0.497 e. The van der Waals surface area contributed by atoms with Gasteiger partial charge in [-0.05, 0) is 60.2 Å².